The normalized spacial score (nSPS) is 16.6. The summed E-state index contributed by atoms with van der Waals surface area (Å²) in [6.07, 6.45) is 3.27. The molecule has 0 aromatic carbocycles. The van der Waals surface area contributed by atoms with Crippen molar-refractivity contribution in [1.29, 1.82) is 0 Å². The Labute approximate surface area is 173 Å². The number of carbonyl (C=O) groups excluding carboxylic acids is 1. The van der Waals surface area contributed by atoms with E-state index >= 15 is 0 Å². The molecule has 1 aliphatic rings. The van der Waals surface area contributed by atoms with Gasteiger partial charge in [-0.1, -0.05) is 0 Å². The fraction of sp³-hybridized carbons (Fsp3) is 0.350. The number of hydrogen-bond donors (Lipinski definition) is 1. The molecular weight excluding hydrogens is 408 g/mol. The number of pyridine rings is 2. The summed E-state index contributed by atoms with van der Waals surface area (Å²) in [6, 6.07) is 5.22. The summed E-state index contributed by atoms with van der Waals surface area (Å²) in [7, 11) is -1.29. The van der Waals surface area contributed by atoms with Crippen LogP contribution in [0.4, 0.5) is 5.82 Å². The molecular formula is C20H22N4O5S. The second kappa shape index (κ2) is 7.69. The Morgan fingerprint density at radius 2 is 2.00 bits per heavy atom. The molecule has 1 amide bonds. The lowest BCUT2D eigenvalue weighted by Crippen LogP contribution is -2.39. The summed E-state index contributed by atoms with van der Waals surface area (Å²) in [5.41, 5.74) is 1.73. The van der Waals surface area contributed by atoms with Crippen molar-refractivity contribution in [2.75, 3.05) is 29.9 Å². The standard InChI is InChI=1S/C20H22N4O5S/c1-13(25)22-18-9-14(3-4-21-18)17-12-23(2)20(26)16-10-15(29-19(16)17)11-24-5-7-30(27,28)8-6-24/h3-4,9-10,12H,5-8,11H2,1-2H3,(H,21,22,25). The quantitative estimate of drug-likeness (QED) is 0.665. The van der Waals surface area contributed by atoms with E-state index in [0.29, 0.717) is 47.7 Å². The van der Waals surface area contributed by atoms with Crippen LogP contribution in [0.5, 0.6) is 0 Å². The Morgan fingerprint density at radius 3 is 2.70 bits per heavy atom. The number of hydrogen-bond acceptors (Lipinski definition) is 7. The van der Waals surface area contributed by atoms with Gasteiger partial charge in [0.1, 0.15) is 17.2 Å². The van der Waals surface area contributed by atoms with Gasteiger partial charge < -0.3 is 14.3 Å². The number of nitrogens with one attached hydrogen (secondary N) is 1. The maximum Gasteiger partial charge on any atom is 0.261 e. The molecule has 1 N–H and O–H groups in total. The predicted octanol–water partition coefficient (Wildman–Crippen LogP) is 1.38. The van der Waals surface area contributed by atoms with Crippen LogP contribution in [0.15, 0.2) is 39.8 Å². The van der Waals surface area contributed by atoms with Crippen LogP contribution in [-0.4, -0.2) is 53.4 Å². The van der Waals surface area contributed by atoms with Crippen molar-refractivity contribution in [3.63, 3.8) is 0 Å². The van der Waals surface area contributed by atoms with E-state index in [2.05, 4.69) is 10.3 Å². The van der Waals surface area contributed by atoms with Gasteiger partial charge in [-0.15, -0.1) is 0 Å². The van der Waals surface area contributed by atoms with Crippen molar-refractivity contribution < 1.29 is 17.6 Å². The molecule has 0 saturated carbocycles. The zero-order chi connectivity index (χ0) is 21.5. The second-order valence-corrected chi connectivity index (χ2v) is 9.76. The summed E-state index contributed by atoms with van der Waals surface area (Å²) in [5.74, 6) is 1.04. The van der Waals surface area contributed by atoms with E-state index in [1.165, 1.54) is 11.5 Å². The van der Waals surface area contributed by atoms with Gasteiger partial charge in [0.05, 0.1) is 23.4 Å². The third-order valence-electron chi connectivity index (χ3n) is 5.09. The molecule has 158 valence electrons. The fourth-order valence-electron chi connectivity index (χ4n) is 3.56. The van der Waals surface area contributed by atoms with Crippen LogP contribution in [0.2, 0.25) is 0 Å². The van der Waals surface area contributed by atoms with Crippen molar-refractivity contribution in [2.45, 2.75) is 13.5 Å². The molecule has 1 fully saturated rings. The number of amides is 1. The van der Waals surface area contributed by atoms with E-state index in [9.17, 15) is 18.0 Å². The van der Waals surface area contributed by atoms with Gasteiger partial charge in [0.25, 0.3) is 5.56 Å². The number of carbonyl (C=O) groups is 1. The highest BCUT2D eigenvalue weighted by atomic mass is 32.2. The summed E-state index contributed by atoms with van der Waals surface area (Å²) < 4.78 is 30.8. The lowest BCUT2D eigenvalue weighted by Gasteiger charge is -2.25. The number of rotatable bonds is 4. The second-order valence-electron chi connectivity index (χ2n) is 7.45. The van der Waals surface area contributed by atoms with Gasteiger partial charge in [0.2, 0.25) is 5.91 Å². The number of fused-ring (bicyclic) bond motifs is 1. The van der Waals surface area contributed by atoms with Crippen molar-refractivity contribution in [1.82, 2.24) is 14.5 Å². The van der Waals surface area contributed by atoms with Crippen LogP contribution in [0, 0.1) is 0 Å². The van der Waals surface area contributed by atoms with Crippen LogP contribution in [0.3, 0.4) is 0 Å². The van der Waals surface area contributed by atoms with Crippen LogP contribution in [-0.2, 0) is 28.2 Å². The number of anilines is 1. The number of aromatic nitrogens is 2. The number of sulfone groups is 1. The highest BCUT2D eigenvalue weighted by Crippen LogP contribution is 2.30. The van der Waals surface area contributed by atoms with Crippen LogP contribution in [0.1, 0.15) is 12.7 Å². The van der Waals surface area contributed by atoms with Gasteiger partial charge in [-0.25, -0.2) is 13.4 Å². The van der Waals surface area contributed by atoms with E-state index in [4.69, 9.17) is 4.42 Å². The monoisotopic (exact) mass is 430 g/mol. The minimum absolute atomic E-state index is 0.128. The molecule has 9 nitrogen and oxygen atoms in total. The molecule has 0 bridgehead atoms. The lowest BCUT2D eigenvalue weighted by molar-refractivity contribution is -0.114. The smallest absolute Gasteiger partial charge is 0.261 e. The molecule has 0 spiro atoms. The first-order valence-electron chi connectivity index (χ1n) is 9.51. The zero-order valence-electron chi connectivity index (χ0n) is 16.7. The lowest BCUT2D eigenvalue weighted by atomic mass is 10.1. The molecule has 0 aliphatic carbocycles. The van der Waals surface area contributed by atoms with E-state index in [0.717, 1.165) is 5.56 Å². The molecule has 3 aromatic rings. The summed E-state index contributed by atoms with van der Waals surface area (Å²) in [5, 5.41) is 3.10. The maximum absolute atomic E-state index is 12.7. The topological polar surface area (TPSA) is 115 Å². The highest BCUT2D eigenvalue weighted by Gasteiger charge is 2.23. The highest BCUT2D eigenvalue weighted by molar-refractivity contribution is 7.91. The number of nitrogens with zero attached hydrogens (tertiary/aromatic N) is 3. The van der Waals surface area contributed by atoms with E-state index in [1.807, 2.05) is 4.90 Å². The Hall–Kier alpha value is -2.98. The van der Waals surface area contributed by atoms with Crippen LogP contribution >= 0.6 is 0 Å². The van der Waals surface area contributed by atoms with Gasteiger partial charge in [-0.3, -0.25) is 14.5 Å². The molecule has 0 atom stereocenters. The molecule has 1 saturated heterocycles. The molecule has 4 rings (SSSR count). The summed E-state index contributed by atoms with van der Waals surface area (Å²) in [6.45, 7) is 2.72. The maximum atomic E-state index is 12.7. The van der Waals surface area contributed by atoms with E-state index in [1.54, 1.807) is 37.6 Å². The molecule has 4 heterocycles. The molecule has 1 aliphatic heterocycles. The first kappa shape index (κ1) is 20.3. The molecule has 30 heavy (non-hydrogen) atoms. The summed E-state index contributed by atoms with van der Waals surface area (Å²) >= 11 is 0. The largest absolute Gasteiger partial charge is 0.459 e. The Bertz CT molecular complexity index is 1280. The van der Waals surface area contributed by atoms with Gasteiger partial charge in [-0.2, -0.15) is 0 Å². The molecule has 3 aromatic heterocycles. The zero-order valence-corrected chi connectivity index (χ0v) is 17.5. The minimum atomic E-state index is -2.96. The van der Waals surface area contributed by atoms with Gasteiger partial charge in [-0.05, 0) is 23.8 Å². The van der Waals surface area contributed by atoms with Gasteiger partial charge in [0.15, 0.2) is 9.84 Å². The Kier molecular flexibility index (Phi) is 5.20. The van der Waals surface area contributed by atoms with Crippen LogP contribution < -0.4 is 10.9 Å². The first-order chi connectivity index (χ1) is 14.2. The predicted molar refractivity (Wildman–Crippen MR) is 113 cm³/mol. The van der Waals surface area contributed by atoms with E-state index in [-0.39, 0.29) is 23.0 Å². The number of aryl methyl sites for hydroxylation is 1. The summed E-state index contributed by atoms with van der Waals surface area (Å²) in [4.78, 5) is 30.1. The molecule has 0 radical (unpaired) electrons. The van der Waals surface area contributed by atoms with Crippen molar-refractivity contribution in [3.8, 4) is 11.1 Å². The average Bonchev–Trinajstić information content (AvgIpc) is 3.10. The molecule has 10 heteroatoms. The Morgan fingerprint density at radius 1 is 1.27 bits per heavy atom. The minimum Gasteiger partial charge on any atom is -0.459 e. The average molecular weight is 430 g/mol. The van der Waals surface area contributed by atoms with Gasteiger partial charge >= 0.3 is 0 Å². The van der Waals surface area contributed by atoms with Gasteiger partial charge in [0, 0.05) is 45.0 Å². The first-order valence-corrected chi connectivity index (χ1v) is 11.3. The number of furan rings is 1. The van der Waals surface area contributed by atoms with Crippen molar-refractivity contribution in [2.24, 2.45) is 7.05 Å². The SMILES string of the molecule is CC(=O)Nc1cc(-c2cn(C)c(=O)c3cc(CN4CCS(=O)(=O)CC4)oc23)ccn1. The van der Waals surface area contributed by atoms with Crippen molar-refractivity contribution >= 4 is 32.5 Å². The van der Waals surface area contributed by atoms with E-state index < -0.39 is 9.84 Å². The third-order valence-corrected chi connectivity index (χ3v) is 6.70. The molecule has 0 unspecified atom stereocenters. The Balaban J connectivity index is 1.72. The third kappa shape index (κ3) is 4.14. The van der Waals surface area contributed by atoms with Crippen molar-refractivity contribution in [3.05, 3.63) is 46.7 Å². The van der Waals surface area contributed by atoms with Crippen LogP contribution in [0.25, 0.3) is 22.1 Å². The fourth-order valence-corrected chi connectivity index (χ4v) is 4.84.